The van der Waals surface area contributed by atoms with Crippen molar-refractivity contribution in [2.24, 2.45) is 7.05 Å². The van der Waals surface area contributed by atoms with E-state index in [4.69, 9.17) is 0 Å². The average molecular weight is 318 g/mol. The fourth-order valence-electron chi connectivity index (χ4n) is 3.15. The molecule has 5 nitrogen and oxygen atoms in total. The molecule has 0 unspecified atom stereocenters. The van der Waals surface area contributed by atoms with E-state index < -0.39 is 0 Å². The first-order valence-corrected chi connectivity index (χ1v) is 7.84. The number of para-hydroxylation sites is 1. The van der Waals surface area contributed by atoms with E-state index in [2.05, 4.69) is 11.2 Å². The summed E-state index contributed by atoms with van der Waals surface area (Å²) in [5, 5.41) is 4.49. The van der Waals surface area contributed by atoms with E-state index in [0.29, 0.717) is 11.4 Å². The van der Waals surface area contributed by atoms with E-state index in [-0.39, 0.29) is 5.91 Å². The molecule has 0 radical (unpaired) electrons. The molecular weight excluding hydrogens is 300 g/mol. The third kappa shape index (κ3) is 2.09. The Hall–Kier alpha value is -3.08. The van der Waals surface area contributed by atoms with Crippen LogP contribution in [0.5, 0.6) is 0 Å². The monoisotopic (exact) mass is 318 g/mol. The van der Waals surface area contributed by atoms with Crippen LogP contribution in [0.25, 0.3) is 0 Å². The van der Waals surface area contributed by atoms with Gasteiger partial charge in [-0.1, -0.05) is 24.3 Å². The molecule has 3 aromatic rings. The summed E-state index contributed by atoms with van der Waals surface area (Å²) >= 11 is 0. The zero-order valence-corrected chi connectivity index (χ0v) is 13.9. The van der Waals surface area contributed by atoms with Gasteiger partial charge in [0.25, 0.3) is 5.91 Å². The smallest absolute Gasteiger partial charge is 0.268 e. The van der Waals surface area contributed by atoms with Crippen molar-refractivity contribution in [2.75, 3.05) is 16.8 Å². The maximum Gasteiger partial charge on any atom is 0.268 e. The van der Waals surface area contributed by atoms with Crippen molar-refractivity contribution in [2.45, 2.75) is 6.92 Å². The lowest BCUT2D eigenvalue weighted by molar-refractivity contribution is 0.100. The van der Waals surface area contributed by atoms with E-state index in [1.165, 1.54) is 0 Å². The van der Waals surface area contributed by atoms with Crippen LogP contribution in [-0.2, 0) is 7.05 Å². The second-order valence-corrected chi connectivity index (χ2v) is 6.07. The molecule has 0 aliphatic carbocycles. The van der Waals surface area contributed by atoms with Gasteiger partial charge in [-0.15, -0.1) is 0 Å². The first kappa shape index (κ1) is 14.5. The molecule has 120 valence electrons. The van der Waals surface area contributed by atoms with E-state index in [0.717, 1.165) is 22.6 Å². The van der Waals surface area contributed by atoms with Gasteiger partial charge in [-0.05, 0) is 36.8 Å². The number of aryl methyl sites for hydroxylation is 2. The van der Waals surface area contributed by atoms with Crippen molar-refractivity contribution in [3.63, 3.8) is 0 Å². The fraction of sp³-hybridized carbons (Fsp3) is 0.158. The molecule has 5 heteroatoms. The van der Waals surface area contributed by atoms with Gasteiger partial charge in [0, 0.05) is 26.0 Å². The lowest BCUT2D eigenvalue weighted by Crippen LogP contribution is -2.25. The Morgan fingerprint density at radius 1 is 0.958 bits per heavy atom. The fourth-order valence-corrected chi connectivity index (χ4v) is 3.15. The summed E-state index contributed by atoms with van der Waals surface area (Å²) in [5.41, 5.74) is 4.37. The number of amides is 1. The molecule has 0 saturated heterocycles. The summed E-state index contributed by atoms with van der Waals surface area (Å²) in [4.78, 5) is 17.1. The predicted molar refractivity (Wildman–Crippen MR) is 95.4 cm³/mol. The average Bonchev–Trinajstić information content (AvgIpc) is 2.94. The molecule has 1 amide bonds. The molecule has 2 heterocycles. The number of benzene rings is 2. The molecule has 1 aromatic heterocycles. The molecule has 1 aliphatic rings. The van der Waals surface area contributed by atoms with E-state index in [1.54, 1.807) is 15.8 Å². The molecule has 2 aromatic carbocycles. The van der Waals surface area contributed by atoms with Crippen molar-refractivity contribution in [3.05, 3.63) is 65.9 Å². The highest BCUT2D eigenvalue weighted by Crippen LogP contribution is 2.42. The zero-order chi connectivity index (χ0) is 16.8. The predicted octanol–water partition coefficient (Wildman–Crippen LogP) is 3.79. The largest absolute Gasteiger partial charge is 0.326 e. The number of fused-ring (bicyclic) bond motifs is 2. The minimum absolute atomic E-state index is 0.0690. The van der Waals surface area contributed by atoms with Crippen molar-refractivity contribution in [1.29, 1.82) is 0 Å². The normalized spacial score (nSPS) is 13.5. The van der Waals surface area contributed by atoms with Crippen LogP contribution in [0.3, 0.4) is 0 Å². The first-order valence-electron chi connectivity index (χ1n) is 7.84. The maximum absolute atomic E-state index is 13.3. The Morgan fingerprint density at radius 3 is 2.46 bits per heavy atom. The van der Waals surface area contributed by atoms with Gasteiger partial charge in [0.2, 0.25) is 0 Å². The second-order valence-electron chi connectivity index (χ2n) is 6.07. The molecular formula is C19H18N4O. The van der Waals surface area contributed by atoms with Crippen LogP contribution in [0, 0.1) is 6.92 Å². The minimum atomic E-state index is -0.0690. The van der Waals surface area contributed by atoms with Crippen LogP contribution in [0.15, 0.2) is 54.7 Å². The maximum atomic E-state index is 13.3. The number of hydrogen-bond donors (Lipinski definition) is 0. The molecule has 0 saturated carbocycles. The van der Waals surface area contributed by atoms with Crippen LogP contribution in [-0.4, -0.2) is 22.7 Å². The highest BCUT2D eigenvalue weighted by molar-refractivity contribution is 6.17. The quantitative estimate of drug-likeness (QED) is 0.685. The number of anilines is 4. The molecule has 0 fully saturated rings. The van der Waals surface area contributed by atoms with Crippen molar-refractivity contribution >= 4 is 28.8 Å². The number of hydrogen-bond acceptors (Lipinski definition) is 3. The molecule has 0 atom stereocenters. The van der Waals surface area contributed by atoms with Crippen molar-refractivity contribution < 1.29 is 4.79 Å². The molecule has 1 aliphatic heterocycles. The van der Waals surface area contributed by atoms with Crippen LogP contribution in [0.1, 0.15) is 15.9 Å². The van der Waals surface area contributed by atoms with Gasteiger partial charge in [0.15, 0.2) is 5.82 Å². The summed E-state index contributed by atoms with van der Waals surface area (Å²) in [6.45, 7) is 2.03. The van der Waals surface area contributed by atoms with E-state index in [1.807, 2.05) is 68.4 Å². The lowest BCUT2D eigenvalue weighted by atomic mass is 10.1. The van der Waals surface area contributed by atoms with Gasteiger partial charge in [-0.25, -0.2) is 0 Å². The van der Waals surface area contributed by atoms with Gasteiger partial charge < -0.3 is 4.90 Å². The SMILES string of the molecule is Cc1ccc2c(c1)N(c1ccccc1)C(=O)c1cn(C)nc1N2C. The topological polar surface area (TPSA) is 41.4 Å². The first-order chi connectivity index (χ1) is 11.6. The Balaban J connectivity index is 2.03. The summed E-state index contributed by atoms with van der Waals surface area (Å²) in [6.07, 6.45) is 1.78. The van der Waals surface area contributed by atoms with Crippen molar-refractivity contribution in [3.8, 4) is 0 Å². The van der Waals surface area contributed by atoms with Gasteiger partial charge in [0.05, 0.1) is 11.4 Å². The van der Waals surface area contributed by atoms with Crippen LogP contribution < -0.4 is 9.80 Å². The Kier molecular flexibility index (Phi) is 3.16. The standard InChI is InChI=1S/C19H18N4O/c1-13-9-10-16-17(11-13)23(14-7-5-4-6-8-14)19(24)15-12-21(2)20-18(15)22(16)3/h4-12H,1-3H3. The van der Waals surface area contributed by atoms with Gasteiger partial charge in [-0.3, -0.25) is 14.4 Å². The zero-order valence-electron chi connectivity index (χ0n) is 13.9. The third-order valence-electron chi connectivity index (χ3n) is 4.31. The van der Waals surface area contributed by atoms with Gasteiger partial charge >= 0.3 is 0 Å². The molecule has 0 N–H and O–H groups in total. The molecule has 4 rings (SSSR count). The summed E-state index contributed by atoms with van der Waals surface area (Å²) in [7, 11) is 3.78. The summed E-state index contributed by atoms with van der Waals surface area (Å²) in [6, 6.07) is 15.9. The minimum Gasteiger partial charge on any atom is -0.326 e. The van der Waals surface area contributed by atoms with Crippen molar-refractivity contribution in [1.82, 2.24) is 9.78 Å². The summed E-state index contributed by atoms with van der Waals surface area (Å²) < 4.78 is 1.68. The molecule has 24 heavy (non-hydrogen) atoms. The van der Waals surface area contributed by atoms with Crippen LogP contribution >= 0.6 is 0 Å². The van der Waals surface area contributed by atoms with E-state index >= 15 is 0 Å². The molecule has 0 spiro atoms. The number of rotatable bonds is 1. The molecule has 0 bridgehead atoms. The third-order valence-corrected chi connectivity index (χ3v) is 4.31. The number of nitrogens with zero attached hydrogens (tertiary/aromatic N) is 4. The Bertz CT molecular complexity index is 930. The summed E-state index contributed by atoms with van der Waals surface area (Å²) in [5.74, 6) is 0.603. The lowest BCUT2D eigenvalue weighted by Gasteiger charge is -2.25. The van der Waals surface area contributed by atoms with Crippen LogP contribution in [0.4, 0.5) is 22.9 Å². The number of carbonyl (C=O) groups excluding carboxylic acids is 1. The van der Waals surface area contributed by atoms with Gasteiger partial charge in [-0.2, -0.15) is 5.10 Å². The Labute approximate surface area is 140 Å². The highest BCUT2D eigenvalue weighted by atomic mass is 16.2. The highest BCUT2D eigenvalue weighted by Gasteiger charge is 2.32. The van der Waals surface area contributed by atoms with Gasteiger partial charge in [0.1, 0.15) is 5.56 Å². The number of aromatic nitrogens is 2. The van der Waals surface area contributed by atoms with Crippen LogP contribution in [0.2, 0.25) is 0 Å². The van der Waals surface area contributed by atoms with E-state index in [9.17, 15) is 4.79 Å². The number of carbonyl (C=O) groups is 1. The second kappa shape index (κ2) is 5.23. The Morgan fingerprint density at radius 2 is 1.71 bits per heavy atom.